The molecule has 0 radical (unpaired) electrons. The summed E-state index contributed by atoms with van der Waals surface area (Å²) in [5.41, 5.74) is 9.11. The van der Waals surface area contributed by atoms with Gasteiger partial charge in [0.25, 0.3) is 0 Å². The molecule has 0 saturated heterocycles. The second-order valence-electron chi connectivity index (χ2n) is 8.95. The molecule has 8 rings (SSSR count). The van der Waals surface area contributed by atoms with Crippen molar-refractivity contribution in [2.75, 3.05) is 0 Å². The minimum absolute atomic E-state index is 1.20. The molecule has 0 N–H and O–H groups in total. The standard InChI is InChI=1S/C32H19N/c1-2-10-21(11-3-1)33-29-19-28-24-14-7-6-13-23(24)25-15-8-16-26(30(25)28)31(29)27-18-17-20-9-4-5-12-22(20)32(27)33/h1-19H. The van der Waals surface area contributed by atoms with Gasteiger partial charge in [-0.1, -0.05) is 97.1 Å². The Bertz CT molecular complexity index is 1910. The predicted molar refractivity (Wildman–Crippen MR) is 140 cm³/mol. The quantitative estimate of drug-likeness (QED) is 0.252. The molecular weight excluding hydrogens is 398 g/mol. The van der Waals surface area contributed by atoms with Crippen molar-refractivity contribution in [1.29, 1.82) is 0 Å². The molecule has 7 aromatic rings. The Morgan fingerprint density at radius 3 is 2.00 bits per heavy atom. The van der Waals surface area contributed by atoms with Crippen LogP contribution < -0.4 is 0 Å². The molecule has 0 atom stereocenters. The zero-order valence-corrected chi connectivity index (χ0v) is 17.9. The van der Waals surface area contributed by atoms with Gasteiger partial charge < -0.3 is 4.57 Å². The van der Waals surface area contributed by atoms with Crippen molar-refractivity contribution >= 4 is 43.4 Å². The van der Waals surface area contributed by atoms with Crippen LogP contribution in [0, 0.1) is 0 Å². The lowest BCUT2D eigenvalue weighted by Gasteiger charge is -2.11. The van der Waals surface area contributed by atoms with Crippen LogP contribution in [0.15, 0.2) is 115 Å². The van der Waals surface area contributed by atoms with Gasteiger partial charge >= 0.3 is 0 Å². The van der Waals surface area contributed by atoms with Crippen LogP contribution in [0.2, 0.25) is 0 Å². The molecule has 0 spiro atoms. The van der Waals surface area contributed by atoms with Crippen LogP contribution in [-0.4, -0.2) is 4.57 Å². The van der Waals surface area contributed by atoms with Gasteiger partial charge in [0.2, 0.25) is 0 Å². The van der Waals surface area contributed by atoms with Crippen molar-refractivity contribution in [3.05, 3.63) is 115 Å². The van der Waals surface area contributed by atoms with Crippen molar-refractivity contribution in [2.45, 2.75) is 0 Å². The number of rotatable bonds is 1. The molecule has 1 aromatic heterocycles. The van der Waals surface area contributed by atoms with Gasteiger partial charge in [0.05, 0.1) is 11.0 Å². The Labute approximate surface area is 191 Å². The van der Waals surface area contributed by atoms with Gasteiger partial charge in [-0.3, -0.25) is 0 Å². The maximum absolute atomic E-state index is 2.47. The maximum Gasteiger partial charge on any atom is 0.0619 e. The number of para-hydroxylation sites is 1. The Morgan fingerprint density at radius 1 is 0.424 bits per heavy atom. The number of hydrogen-bond acceptors (Lipinski definition) is 0. The van der Waals surface area contributed by atoms with E-state index in [-0.39, 0.29) is 0 Å². The average Bonchev–Trinajstić information content (AvgIpc) is 3.39. The van der Waals surface area contributed by atoms with Gasteiger partial charge in [0.15, 0.2) is 0 Å². The van der Waals surface area contributed by atoms with Crippen molar-refractivity contribution in [2.24, 2.45) is 0 Å². The Balaban J connectivity index is 1.69. The smallest absolute Gasteiger partial charge is 0.0619 e. The number of fused-ring (bicyclic) bond motifs is 9. The monoisotopic (exact) mass is 417 g/mol. The SMILES string of the molecule is c1ccc(-n2c3cc4c5c(cccc5c3c3ccc5ccccc5c32)-c2ccccc2-4)cc1. The van der Waals surface area contributed by atoms with E-state index in [1.165, 1.54) is 71.3 Å². The molecular formula is C32H19N. The number of hydrogen-bond donors (Lipinski definition) is 0. The van der Waals surface area contributed by atoms with E-state index in [1.54, 1.807) is 0 Å². The van der Waals surface area contributed by atoms with E-state index < -0.39 is 0 Å². The summed E-state index contributed by atoms with van der Waals surface area (Å²) in [7, 11) is 0. The van der Waals surface area contributed by atoms with Crippen molar-refractivity contribution in [3.63, 3.8) is 0 Å². The van der Waals surface area contributed by atoms with E-state index in [0.717, 1.165) is 0 Å². The molecule has 6 aromatic carbocycles. The van der Waals surface area contributed by atoms with E-state index in [4.69, 9.17) is 0 Å². The summed E-state index contributed by atoms with van der Waals surface area (Å²) in [5.74, 6) is 0. The van der Waals surface area contributed by atoms with Gasteiger partial charge in [-0.2, -0.15) is 0 Å². The van der Waals surface area contributed by atoms with Crippen molar-refractivity contribution < 1.29 is 0 Å². The average molecular weight is 418 g/mol. The first-order chi connectivity index (χ1) is 16.4. The van der Waals surface area contributed by atoms with E-state index in [1.807, 2.05) is 0 Å². The van der Waals surface area contributed by atoms with Crippen LogP contribution >= 0.6 is 0 Å². The maximum atomic E-state index is 2.47. The summed E-state index contributed by atoms with van der Waals surface area (Å²) in [6.07, 6.45) is 0. The van der Waals surface area contributed by atoms with Crippen LogP contribution in [0.3, 0.4) is 0 Å². The largest absolute Gasteiger partial charge is 0.309 e. The molecule has 0 saturated carbocycles. The summed E-state index contributed by atoms with van der Waals surface area (Å²) >= 11 is 0. The summed E-state index contributed by atoms with van der Waals surface area (Å²) in [6.45, 7) is 0. The number of benzene rings is 6. The number of nitrogens with zero attached hydrogens (tertiary/aromatic N) is 1. The molecule has 0 unspecified atom stereocenters. The van der Waals surface area contributed by atoms with E-state index in [0.29, 0.717) is 0 Å². The lowest BCUT2D eigenvalue weighted by atomic mass is 9.97. The van der Waals surface area contributed by atoms with Gasteiger partial charge in [-0.25, -0.2) is 0 Å². The summed E-state index contributed by atoms with van der Waals surface area (Å²) in [6, 6.07) is 42.2. The zero-order chi connectivity index (χ0) is 21.5. The van der Waals surface area contributed by atoms with Crippen molar-refractivity contribution in [1.82, 2.24) is 4.57 Å². The molecule has 152 valence electrons. The minimum Gasteiger partial charge on any atom is -0.309 e. The number of aromatic nitrogens is 1. The Kier molecular flexibility index (Phi) is 3.19. The minimum atomic E-state index is 1.20. The van der Waals surface area contributed by atoms with Crippen LogP contribution in [-0.2, 0) is 0 Å². The third kappa shape index (κ3) is 2.12. The lowest BCUT2D eigenvalue weighted by molar-refractivity contribution is 1.19. The lowest BCUT2D eigenvalue weighted by Crippen LogP contribution is -1.94. The molecule has 1 aliphatic rings. The summed E-state index contributed by atoms with van der Waals surface area (Å²) in [4.78, 5) is 0. The van der Waals surface area contributed by atoms with Gasteiger partial charge in [-0.05, 0) is 56.6 Å². The van der Waals surface area contributed by atoms with Crippen LogP contribution in [0.25, 0.3) is 71.3 Å². The fraction of sp³-hybridized carbons (Fsp3) is 0. The first-order valence-electron chi connectivity index (χ1n) is 11.5. The molecule has 0 aliphatic heterocycles. The molecule has 1 heterocycles. The second kappa shape index (κ2) is 6.11. The van der Waals surface area contributed by atoms with Gasteiger partial charge in [-0.15, -0.1) is 0 Å². The topological polar surface area (TPSA) is 4.93 Å². The summed E-state index contributed by atoms with van der Waals surface area (Å²) in [5, 5.41) is 7.93. The van der Waals surface area contributed by atoms with Crippen LogP contribution in [0.5, 0.6) is 0 Å². The molecule has 0 amide bonds. The zero-order valence-electron chi connectivity index (χ0n) is 17.9. The third-order valence-electron chi connectivity index (χ3n) is 7.30. The van der Waals surface area contributed by atoms with Crippen LogP contribution in [0.1, 0.15) is 0 Å². The highest BCUT2D eigenvalue weighted by atomic mass is 15.0. The molecule has 0 fully saturated rings. The molecule has 1 aliphatic carbocycles. The normalized spacial score (nSPS) is 12.2. The first kappa shape index (κ1) is 17.2. The first-order valence-corrected chi connectivity index (χ1v) is 11.5. The Hall–Kier alpha value is -4.36. The highest BCUT2D eigenvalue weighted by Crippen LogP contribution is 2.51. The molecule has 0 bridgehead atoms. The van der Waals surface area contributed by atoms with E-state index in [2.05, 4.69) is 120 Å². The third-order valence-corrected chi connectivity index (χ3v) is 7.30. The van der Waals surface area contributed by atoms with E-state index >= 15 is 0 Å². The highest BCUT2D eigenvalue weighted by molar-refractivity contribution is 6.31. The van der Waals surface area contributed by atoms with Gasteiger partial charge in [0.1, 0.15) is 0 Å². The fourth-order valence-corrected chi connectivity index (χ4v) is 5.98. The second-order valence-corrected chi connectivity index (χ2v) is 8.95. The highest BCUT2D eigenvalue weighted by Gasteiger charge is 2.25. The summed E-state index contributed by atoms with van der Waals surface area (Å²) < 4.78 is 2.47. The fourth-order valence-electron chi connectivity index (χ4n) is 5.98. The molecule has 33 heavy (non-hydrogen) atoms. The Morgan fingerprint density at radius 2 is 1.12 bits per heavy atom. The molecule has 1 nitrogen and oxygen atoms in total. The molecule has 1 heteroatoms. The van der Waals surface area contributed by atoms with Crippen molar-refractivity contribution in [3.8, 4) is 27.9 Å². The van der Waals surface area contributed by atoms with E-state index in [9.17, 15) is 0 Å². The predicted octanol–water partition coefficient (Wildman–Crippen LogP) is 8.74. The van der Waals surface area contributed by atoms with Gasteiger partial charge in [0, 0.05) is 21.8 Å². The van der Waals surface area contributed by atoms with Crippen LogP contribution in [0.4, 0.5) is 0 Å².